The molecule has 11 heteroatoms. The Labute approximate surface area is 202 Å². The fourth-order valence-electron chi connectivity index (χ4n) is 4.31. The molecule has 1 aliphatic heterocycles. The lowest BCUT2D eigenvalue weighted by atomic mass is 10.1. The van der Waals surface area contributed by atoms with Crippen LogP contribution in [0.3, 0.4) is 0 Å². The highest BCUT2D eigenvalue weighted by Gasteiger charge is 2.35. The van der Waals surface area contributed by atoms with Gasteiger partial charge in [-0.2, -0.15) is 4.37 Å². The average Bonchev–Trinajstić information content (AvgIpc) is 3.42. The number of fused-ring (bicyclic) bond motifs is 1. The average molecular weight is 485 g/mol. The summed E-state index contributed by atoms with van der Waals surface area (Å²) in [7, 11) is 3.27. The lowest BCUT2D eigenvalue weighted by Crippen LogP contribution is -2.39. The van der Waals surface area contributed by atoms with Gasteiger partial charge in [-0.15, -0.1) is 10.2 Å². The minimum absolute atomic E-state index is 0.188. The summed E-state index contributed by atoms with van der Waals surface area (Å²) in [4.78, 5) is 19.5. The Morgan fingerprint density at radius 1 is 1.18 bits per heavy atom. The Kier molecular flexibility index (Phi) is 6.46. The van der Waals surface area contributed by atoms with E-state index in [1.54, 1.807) is 14.2 Å². The maximum absolute atomic E-state index is 12.5. The summed E-state index contributed by atoms with van der Waals surface area (Å²) in [6.07, 6.45) is 2.49. The molecule has 0 saturated heterocycles. The SMILES string of the molecule is CCOC(=O)CC1c2nnc(-c3nc(C4CC4)ns3)n2CCN1Cc1ccc(OC)cc1OC. The van der Waals surface area contributed by atoms with Crippen molar-refractivity contribution in [3.8, 4) is 22.3 Å². The summed E-state index contributed by atoms with van der Waals surface area (Å²) < 4.78 is 22.8. The first-order valence-electron chi connectivity index (χ1n) is 11.5. The van der Waals surface area contributed by atoms with E-state index in [-0.39, 0.29) is 18.4 Å². The number of hydrogen-bond donors (Lipinski definition) is 0. The third kappa shape index (κ3) is 4.49. The standard InChI is InChI=1S/C23H28N6O4S/c1-4-33-19(30)12-17-21-25-26-22(23-24-20(27-34-23)14-5-6-14)29(21)10-9-28(17)13-15-7-8-16(31-2)11-18(15)32-3/h7-8,11,14,17H,4-6,9-10,12-13H2,1-3H3. The van der Waals surface area contributed by atoms with Crippen LogP contribution in [0.5, 0.6) is 11.5 Å². The van der Waals surface area contributed by atoms with Crippen molar-refractivity contribution in [1.29, 1.82) is 0 Å². The van der Waals surface area contributed by atoms with Gasteiger partial charge in [0.15, 0.2) is 16.7 Å². The van der Waals surface area contributed by atoms with Gasteiger partial charge in [0.25, 0.3) is 0 Å². The van der Waals surface area contributed by atoms with Crippen LogP contribution in [0.25, 0.3) is 10.8 Å². The van der Waals surface area contributed by atoms with Crippen molar-refractivity contribution in [2.75, 3.05) is 27.4 Å². The van der Waals surface area contributed by atoms with Crippen LogP contribution in [0, 0.1) is 0 Å². The zero-order valence-electron chi connectivity index (χ0n) is 19.6. The maximum Gasteiger partial charge on any atom is 0.307 e. The molecule has 5 rings (SSSR count). The molecule has 1 aromatic carbocycles. The second-order valence-electron chi connectivity index (χ2n) is 8.44. The summed E-state index contributed by atoms with van der Waals surface area (Å²) in [6, 6.07) is 5.49. The Morgan fingerprint density at radius 3 is 2.76 bits per heavy atom. The van der Waals surface area contributed by atoms with Crippen molar-refractivity contribution < 1.29 is 19.0 Å². The van der Waals surface area contributed by atoms with Gasteiger partial charge in [-0.1, -0.05) is 6.07 Å². The molecule has 1 atom stereocenters. The molecule has 1 aliphatic carbocycles. The third-order valence-electron chi connectivity index (χ3n) is 6.24. The van der Waals surface area contributed by atoms with Crippen LogP contribution in [0.1, 0.15) is 55.4 Å². The van der Waals surface area contributed by atoms with Gasteiger partial charge < -0.3 is 18.8 Å². The smallest absolute Gasteiger partial charge is 0.307 e. The summed E-state index contributed by atoms with van der Waals surface area (Å²) in [5.41, 5.74) is 1.00. The Hall–Kier alpha value is -3.05. The van der Waals surface area contributed by atoms with Crippen LogP contribution in [0.2, 0.25) is 0 Å². The van der Waals surface area contributed by atoms with Gasteiger partial charge in [0.05, 0.1) is 33.3 Å². The molecule has 0 spiro atoms. The van der Waals surface area contributed by atoms with Crippen molar-refractivity contribution in [3.63, 3.8) is 0 Å². The van der Waals surface area contributed by atoms with Crippen LogP contribution in [0.4, 0.5) is 0 Å². The maximum atomic E-state index is 12.5. The highest BCUT2D eigenvalue weighted by atomic mass is 32.1. The Morgan fingerprint density at radius 2 is 2.03 bits per heavy atom. The van der Waals surface area contributed by atoms with Crippen molar-refractivity contribution in [2.45, 2.75) is 51.2 Å². The van der Waals surface area contributed by atoms with Crippen LogP contribution < -0.4 is 9.47 Å². The molecule has 1 unspecified atom stereocenters. The zero-order valence-corrected chi connectivity index (χ0v) is 20.4. The topological polar surface area (TPSA) is 104 Å². The fourth-order valence-corrected chi connectivity index (χ4v) is 5.05. The van der Waals surface area contributed by atoms with Crippen molar-refractivity contribution >= 4 is 17.5 Å². The molecule has 1 saturated carbocycles. The minimum Gasteiger partial charge on any atom is -0.497 e. The molecule has 3 aromatic rings. The summed E-state index contributed by atoms with van der Waals surface area (Å²) >= 11 is 1.37. The molecule has 34 heavy (non-hydrogen) atoms. The van der Waals surface area contributed by atoms with Crippen molar-refractivity contribution in [3.05, 3.63) is 35.4 Å². The summed E-state index contributed by atoms with van der Waals surface area (Å²) in [6.45, 7) is 4.14. The van der Waals surface area contributed by atoms with Crippen LogP contribution >= 0.6 is 11.5 Å². The van der Waals surface area contributed by atoms with Gasteiger partial charge in [0, 0.05) is 37.2 Å². The Balaban J connectivity index is 1.45. The van der Waals surface area contributed by atoms with Gasteiger partial charge in [-0.3, -0.25) is 9.69 Å². The quantitative estimate of drug-likeness (QED) is 0.423. The van der Waals surface area contributed by atoms with Gasteiger partial charge in [0.2, 0.25) is 0 Å². The number of aromatic nitrogens is 5. The van der Waals surface area contributed by atoms with E-state index in [2.05, 4.69) is 24.0 Å². The number of rotatable bonds is 9. The van der Waals surface area contributed by atoms with Gasteiger partial charge in [-0.05, 0) is 37.4 Å². The number of nitrogens with zero attached hydrogens (tertiary/aromatic N) is 6. The normalized spacial score (nSPS) is 17.9. The first kappa shape index (κ1) is 22.7. The predicted octanol–water partition coefficient (Wildman–Crippen LogP) is 3.20. The Bertz CT molecular complexity index is 1170. The van der Waals surface area contributed by atoms with E-state index in [0.717, 1.165) is 52.4 Å². The molecule has 2 aromatic heterocycles. The highest BCUT2D eigenvalue weighted by Crippen LogP contribution is 2.40. The molecular formula is C23H28N6O4S. The lowest BCUT2D eigenvalue weighted by Gasteiger charge is -2.35. The first-order valence-corrected chi connectivity index (χ1v) is 12.3. The third-order valence-corrected chi connectivity index (χ3v) is 6.96. The summed E-state index contributed by atoms with van der Waals surface area (Å²) in [5.74, 6) is 4.06. The lowest BCUT2D eigenvalue weighted by molar-refractivity contribution is -0.145. The van der Waals surface area contributed by atoms with E-state index in [4.69, 9.17) is 19.2 Å². The van der Waals surface area contributed by atoms with Gasteiger partial charge in [0.1, 0.15) is 17.3 Å². The van der Waals surface area contributed by atoms with Crippen molar-refractivity contribution in [2.24, 2.45) is 0 Å². The van der Waals surface area contributed by atoms with E-state index >= 15 is 0 Å². The first-order chi connectivity index (χ1) is 16.6. The van der Waals surface area contributed by atoms with Crippen molar-refractivity contribution in [1.82, 2.24) is 29.0 Å². The highest BCUT2D eigenvalue weighted by molar-refractivity contribution is 7.09. The number of ether oxygens (including phenoxy) is 3. The number of methoxy groups -OCH3 is 2. The van der Waals surface area contributed by atoms with E-state index < -0.39 is 0 Å². The second kappa shape index (κ2) is 9.67. The van der Waals surface area contributed by atoms with Crippen LogP contribution in [-0.2, 0) is 22.6 Å². The van der Waals surface area contributed by atoms with Gasteiger partial charge in [-0.25, -0.2) is 4.98 Å². The second-order valence-corrected chi connectivity index (χ2v) is 9.19. The molecule has 1 fully saturated rings. The summed E-state index contributed by atoms with van der Waals surface area (Å²) in [5, 5.41) is 9.75. The predicted molar refractivity (Wildman–Crippen MR) is 125 cm³/mol. The monoisotopic (exact) mass is 484 g/mol. The molecule has 180 valence electrons. The van der Waals surface area contributed by atoms with Crippen LogP contribution in [0.15, 0.2) is 18.2 Å². The number of hydrogen-bond acceptors (Lipinski definition) is 10. The number of carbonyl (C=O) groups is 1. The van der Waals surface area contributed by atoms with Crippen LogP contribution in [-0.4, -0.2) is 62.4 Å². The number of esters is 1. The largest absolute Gasteiger partial charge is 0.497 e. The molecule has 2 aliphatic rings. The molecule has 0 radical (unpaired) electrons. The van der Waals surface area contributed by atoms with E-state index in [0.29, 0.717) is 32.2 Å². The molecule has 3 heterocycles. The molecule has 0 amide bonds. The van der Waals surface area contributed by atoms with Gasteiger partial charge >= 0.3 is 5.97 Å². The van der Waals surface area contributed by atoms with E-state index in [1.165, 1.54) is 11.5 Å². The molecule has 0 bridgehead atoms. The van der Waals surface area contributed by atoms with E-state index in [1.807, 2.05) is 25.1 Å². The molecular weight excluding hydrogens is 456 g/mol. The number of benzene rings is 1. The number of carbonyl (C=O) groups excluding carboxylic acids is 1. The molecule has 10 nitrogen and oxygen atoms in total. The zero-order chi connectivity index (χ0) is 23.7. The molecule has 0 N–H and O–H groups in total. The van der Waals surface area contributed by atoms with E-state index in [9.17, 15) is 4.79 Å². The minimum atomic E-state index is -0.281. The fraction of sp³-hybridized carbons (Fsp3) is 0.522.